The molecule has 1 fully saturated rings. The summed E-state index contributed by atoms with van der Waals surface area (Å²) in [4.78, 5) is 33.3. The van der Waals surface area contributed by atoms with Crippen molar-refractivity contribution in [2.45, 2.75) is 25.3 Å². The number of aromatic nitrogens is 2. The molecule has 2 heterocycles. The van der Waals surface area contributed by atoms with Gasteiger partial charge < -0.3 is 10.6 Å². The van der Waals surface area contributed by atoms with E-state index in [-0.39, 0.29) is 23.6 Å². The summed E-state index contributed by atoms with van der Waals surface area (Å²) in [7, 11) is 0. The topological polar surface area (TPSA) is 84.0 Å². The van der Waals surface area contributed by atoms with E-state index in [9.17, 15) is 9.59 Å². The molecular formula is C22H20N4O2. The second-order valence-electron chi connectivity index (χ2n) is 6.77. The van der Waals surface area contributed by atoms with Crippen LogP contribution in [0.1, 0.15) is 40.1 Å². The van der Waals surface area contributed by atoms with Crippen molar-refractivity contribution < 1.29 is 9.59 Å². The van der Waals surface area contributed by atoms with Gasteiger partial charge in [0, 0.05) is 29.6 Å². The minimum Gasteiger partial charge on any atom is -0.348 e. The normalized spacial score (nSPS) is 13.4. The number of carbonyl (C=O) groups excluding carboxylic acids is 2. The van der Waals surface area contributed by atoms with Crippen molar-refractivity contribution in [3.05, 3.63) is 78.4 Å². The molecule has 0 aliphatic heterocycles. The van der Waals surface area contributed by atoms with E-state index < -0.39 is 0 Å². The van der Waals surface area contributed by atoms with Crippen molar-refractivity contribution >= 4 is 17.5 Å². The molecule has 0 atom stereocenters. The number of hydrogen-bond acceptors (Lipinski definition) is 4. The molecule has 4 rings (SSSR count). The van der Waals surface area contributed by atoms with Gasteiger partial charge in [0.1, 0.15) is 5.69 Å². The predicted octanol–water partition coefficient (Wildman–Crippen LogP) is 3.68. The molecule has 1 aliphatic rings. The Hall–Kier alpha value is -3.54. The zero-order chi connectivity index (χ0) is 19.3. The van der Waals surface area contributed by atoms with Crippen molar-refractivity contribution in [3.8, 4) is 11.1 Å². The predicted molar refractivity (Wildman–Crippen MR) is 107 cm³/mol. The summed E-state index contributed by atoms with van der Waals surface area (Å²) in [5.41, 5.74) is 3.08. The van der Waals surface area contributed by atoms with Crippen LogP contribution in [-0.4, -0.2) is 27.8 Å². The third-order valence-electron chi connectivity index (χ3n) is 4.85. The van der Waals surface area contributed by atoms with Crippen LogP contribution >= 0.6 is 0 Å². The standard InChI is InChI=1S/C22H20N4O2/c27-21(16-9-12-24-19(13-16)22(28)25-17-7-4-8-17)26-20-14-23-11-10-18(20)15-5-2-1-3-6-15/h1-3,5-6,9-14,17H,4,7-8H2,(H,25,28)(H,26,27). The van der Waals surface area contributed by atoms with Gasteiger partial charge in [0.15, 0.2) is 0 Å². The van der Waals surface area contributed by atoms with Crippen LogP contribution in [0, 0.1) is 0 Å². The molecule has 6 heteroatoms. The van der Waals surface area contributed by atoms with Gasteiger partial charge in [0.05, 0.1) is 11.9 Å². The minimum atomic E-state index is -0.315. The van der Waals surface area contributed by atoms with Gasteiger partial charge in [-0.05, 0) is 43.0 Å². The Bertz CT molecular complexity index is 1000. The molecule has 1 saturated carbocycles. The molecule has 0 bridgehead atoms. The van der Waals surface area contributed by atoms with Gasteiger partial charge in [0.2, 0.25) is 0 Å². The minimum absolute atomic E-state index is 0.218. The van der Waals surface area contributed by atoms with E-state index in [1.807, 2.05) is 36.4 Å². The highest BCUT2D eigenvalue weighted by Gasteiger charge is 2.21. The van der Waals surface area contributed by atoms with E-state index in [2.05, 4.69) is 20.6 Å². The monoisotopic (exact) mass is 372 g/mol. The van der Waals surface area contributed by atoms with Crippen molar-refractivity contribution in [1.82, 2.24) is 15.3 Å². The molecule has 2 N–H and O–H groups in total. The van der Waals surface area contributed by atoms with Crippen LogP contribution in [0.4, 0.5) is 5.69 Å². The zero-order valence-corrected chi connectivity index (χ0v) is 15.3. The number of anilines is 1. The lowest BCUT2D eigenvalue weighted by atomic mass is 9.93. The van der Waals surface area contributed by atoms with Gasteiger partial charge >= 0.3 is 0 Å². The zero-order valence-electron chi connectivity index (χ0n) is 15.3. The third kappa shape index (κ3) is 3.91. The lowest BCUT2D eigenvalue weighted by molar-refractivity contribution is 0.0912. The molecule has 140 valence electrons. The molecule has 0 spiro atoms. The third-order valence-corrected chi connectivity index (χ3v) is 4.85. The summed E-state index contributed by atoms with van der Waals surface area (Å²) in [5.74, 6) is -0.559. The van der Waals surface area contributed by atoms with Gasteiger partial charge in [-0.15, -0.1) is 0 Å². The largest absolute Gasteiger partial charge is 0.348 e. The van der Waals surface area contributed by atoms with Gasteiger partial charge in [0.25, 0.3) is 11.8 Å². The number of nitrogens with one attached hydrogen (secondary N) is 2. The maximum absolute atomic E-state index is 12.8. The van der Waals surface area contributed by atoms with Gasteiger partial charge in [-0.3, -0.25) is 19.6 Å². The number of benzene rings is 1. The van der Waals surface area contributed by atoms with Crippen molar-refractivity contribution in [2.24, 2.45) is 0 Å². The molecule has 0 saturated heterocycles. The molecular weight excluding hydrogens is 352 g/mol. The molecule has 1 aromatic carbocycles. The SMILES string of the molecule is O=C(Nc1cnccc1-c1ccccc1)c1ccnc(C(=O)NC2CCC2)c1. The first-order chi connectivity index (χ1) is 13.7. The lowest BCUT2D eigenvalue weighted by Crippen LogP contribution is -2.39. The number of hydrogen-bond donors (Lipinski definition) is 2. The number of nitrogens with zero attached hydrogens (tertiary/aromatic N) is 2. The quantitative estimate of drug-likeness (QED) is 0.716. The summed E-state index contributed by atoms with van der Waals surface area (Å²) in [6, 6.07) is 15.0. The Morgan fingerprint density at radius 2 is 1.79 bits per heavy atom. The van der Waals surface area contributed by atoms with E-state index in [0.717, 1.165) is 30.4 Å². The number of amides is 2. The average molecular weight is 372 g/mol. The first-order valence-corrected chi connectivity index (χ1v) is 9.28. The number of carbonyl (C=O) groups is 2. The first kappa shape index (κ1) is 17.9. The fraction of sp³-hybridized carbons (Fsp3) is 0.182. The summed E-state index contributed by atoms with van der Waals surface area (Å²) in [5, 5.41) is 5.83. The molecule has 1 aliphatic carbocycles. The molecule has 3 aromatic rings. The Labute approximate surface area is 163 Å². The van der Waals surface area contributed by atoms with Crippen LogP contribution in [0.25, 0.3) is 11.1 Å². The van der Waals surface area contributed by atoms with Crippen LogP contribution in [0.15, 0.2) is 67.1 Å². The van der Waals surface area contributed by atoms with Crippen molar-refractivity contribution in [1.29, 1.82) is 0 Å². The van der Waals surface area contributed by atoms with Crippen molar-refractivity contribution in [2.75, 3.05) is 5.32 Å². The fourth-order valence-electron chi connectivity index (χ4n) is 3.07. The maximum atomic E-state index is 12.8. The molecule has 6 nitrogen and oxygen atoms in total. The molecule has 28 heavy (non-hydrogen) atoms. The Morgan fingerprint density at radius 3 is 2.54 bits per heavy atom. The Balaban J connectivity index is 1.53. The van der Waals surface area contributed by atoms with E-state index in [0.29, 0.717) is 11.3 Å². The summed E-state index contributed by atoms with van der Waals surface area (Å²) in [6.45, 7) is 0. The van der Waals surface area contributed by atoms with Crippen LogP contribution < -0.4 is 10.6 Å². The van der Waals surface area contributed by atoms with E-state index in [1.165, 1.54) is 12.3 Å². The highest BCUT2D eigenvalue weighted by molar-refractivity contribution is 6.07. The summed E-state index contributed by atoms with van der Waals surface area (Å²) >= 11 is 0. The smallest absolute Gasteiger partial charge is 0.270 e. The molecule has 0 radical (unpaired) electrons. The number of rotatable bonds is 5. The highest BCUT2D eigenvalue weighted by atomic mass is 16.2. The molecule has 0 unspecified atom stereocenters. The van der Waals surface area contributed by atoms with Gasteiger partial charge in [-0.2, -0.15) is 0 Å². The fourth-order valence-corrected chi connectivity index (χ4v) is 3.07. The van der Waals surface area contributed by atoms with E-state index in [1.54, 1.807) is 18.5 Å². The first-order valence-electron chi connectivity index (χ1n) is 9.28. The highest BCUT2D eigenvalue weighted by Crippen LogP contribution is 2.27. The summed E-state index contributed by atoms with van der Waals surface area (Å²) in [6.07, 6.45) is 7.91. The molecule has 2 amide bonds. The van der Waals surface area contributed by atoms with Crippen LogP contribution in [0.2, 0.25) is 0 Å². The van der Waals surface area contributed by atoms with Crippen LogP contribution in [0.3, 0.4) is 0 Å². The van der Waals surface area contributed by atoms with Gasteiger partial charge in [-0.1, -0.05) is 30.3 Å². The van der Waals surface area contributed by atoms with Gasteiger partial charge in [-0.25, -0.2) is 0 Å². The van der Waals surface area contributed by atoms with E-state index in [4.69, 9.17) is 0 Å². The number of pyridine rings is 2. The van der Waals surface area contributed by atoms with Crippen molar-refractivity contribution in [3.63, 3.8) is 0 Å². The average Bonchev–Trinajstić information content (AvgIpc) is 2.71. The second kappa shape index (κ2) is 8.00. The van der Waals surface area contributed by atoms with Crippen LogP contribution in [0.5, 0.6) is 0 Å². The molecule has 2 aromatic heterocycles. The Kier molecular flexibility index (Phi) is 5.10. The maximum Gasteiger partial charge on any atom is 0.270 e. The van der Waals surface area contributed by atoms with E-state index >= 15 is 0 Å². The summed E-state index contributed by atoms with van der Waals surface area (Å²) < 4.78 is 0. The van der Waals surface area contributed by atoms with Crippen LogP contribution in [-0.2, 0) is 0 Å². The Morgan fingerprint density at radius 1 is 0.964 bits per heavy atom. The second-order valence-corrected chi connectivity index (χ2v) is 6.77. The lowest BCUT2D eigenvalue weighted by Gasteiger charge is -2.26.